The van der Waals surface area contributed by atoms with Crippen molar-refractivity contribution in [2.45, 2.75) is 169 Å². The summed E-state index contributed by atoms with van der Waals surface area (Å²) in [5, 5.41) is 60.7. The van der Waals surface area contributed by atoms with Crippen molar-refractivity contribution in [1.82, 2.24) is 74.1 Å². The summed E-state index contributed by atoms with van der Waals surface area (Å²) in [6.07, 6.45) is 40.1. The summed E-state index contributed by atoms with van der Waals surface area (Å²) >= 11 is 0. The number of H-pyrrole nitrogens is 1. The fourth-order valence-electron chi connectivity index (χ4n) is 12.5. The van der Waals surface area contributed by atoms with E-state index in [1.807, 2.05) is 123 Å². The Balaban J connectivity index is 0.000000187. The van der Waals surface area contributed by atoms with Crippen molar-refractivity contribution in [3.8, 4) is 33.4 Å². The number of aliphatic hydroxyl groups excluding tert-OH is 2. The second kappa shape index (κ2) is 29.9. The van der Waals surface area contributed by atoms with Gasteiger partial charge in [-0.2, -0.15) is 30.6 Å². The van der Waals surface area contributed by atoms with Crippen LogP contribution in [0.1, 0.15) is 157 Å². The van der Waals surface area contributed by atoms with Crippen molar-refractivity contribution in [2.24, 2.45) is 28.6 Å². The van der Waals surface area contributed by atoms with Crippen LogP contribution < -0.4 is 29.6 Å². The molecule has 3 saturated carbocycles. The van der Waals surface area contributed by atoms with E-state index in [1.54, 1.807) is 27.7 Å². The van der Waals surface area contributed by atoms with E-state index >= 15 is 0 Å². The van der Waals surface area contributed by atoms with Gasteiger partial charge in [0, 0.05) is 115 Å². The maximum atomic E-state index is 12.1. The van der Waals surface area contributed by atoms with Crippen molar-refractivity contribution in [2.75, 3.05) is 13.2 Å². The van der Waals surface area contributed by atoms with Crippen LogP contribution in [0.2, 0.25) is 0 Å². The Hall–Kier alpha value is -6.92. The topological polar surface area (TPSA) is 267 Å². The minimum absolute atomic E-state index is 0. The number of carbonyl (C=O) groups is 3. The SMILES string of the molecule is CC(C)(C)C(=O)OCn1ccc2c(-c3cnn([C@H](CC=O)C4CCCC4)c3)cnnc21.CC(C)(C)C(=O)OCn1ccc2c(-c3cnn([C@H](CCO)C4CCCC4)c3)cnnc21.OCC[C@H](C1CCCC1)n1cc(-c2cnnc3[nH]ccc23)cn1.[B].[H-].[Na+]. The molecule has 0 aliphatic heterocycles. The molecule has 3 fully saturated rings. The van der Waals surface area contributed by atoms with Gasteiger partial charge in [0.1, 0.15) is 6.29 Å². The maximum Gasteiger partial charge on any atom is 1.00 e. The van der Waals surface area contributed by atoms with Gasteiger partial charge in [0.05, 0.1) is 66.1 Å². The summed E-state index contributed by atoms with van der Waals surface area (Å²) in [5.41, 5.74) is 6.80. The molecule has 3 atom stereocenters. The predicted molar refractivity (Wildman–Crippen MR) is 328 cm³/mol. The smallest absolute Gasteiger partial charge is 1.00 e. The molecule has 0 spiro atoms. The molecule has 9 aromatic heterocycles. The summed E-state index contributed by atoms with van der Waals surface area (Å²) in [4.78, 5) is 38.6. The first-order valence-electron chi connectivity index (χ1n) is 30.2. The van der Waals surface area contributed by atoms with E-state index in [0.29, 0.717) is 41.9 Å². The Morgan fingerprint density at radius 3 is 1.36 bits per heavy atom. The maximum absolute atomic E-state index is 12.1. The summed E-state index contributed by atoms with van der Waals surface area (Å²) in [6, 6.07) is 6.52. The van der Waals surface area contributed by atoms with E-state index in [-0.39, 0.29) is 96.1 Å². The van der Waals surface area contributed by atoms with Crippen molar-refractivity contribution in [1.29, 1.82) is 0 Å². The van der Waals surface area contributed by atoms with E-state index in [4.69, 9.17) is 9.47 Å². The van der Waals surface area contributed by atoms with E-state index in [1.165, 1.54) is 64.2 Å². The van der Waals surface area contributed by atoms with Gasteiger partial charge in [0.25, 0.3) is 0 Å². The number of aromatic nitrogens is 15. The van der Waals surface area contributed by atoms with Gasteiger partial charge in [-0.1, -0.05) is 38.5 Å². The Morgan fingerprint density at radius 2 is 0.966 bits per heavy atom. The van der Waals surface area contributed by atoms with Crippen LogP contribution in [0.15, 0.2) is 92.6 Å². The number of aromatic amines is 1. The van der Waals surface area contributed by atoms with Gasteiger partial charge < -0.3 is 30.9 Å². The van der Waals surface area contributed by atoms with E-state index in [0.717, 1.165) is 80.7 Å². The Labute approximate surface area is 533 Å². The zero-order valence-corrected chi connectivity index (χ0v) is 53.4. The fourth-order valence-corrected chi connectivity index (χ4v) is 12.5. The van der Waals surface area contributed by atoms with Crippen LogP contribution in [-0.2, 0) is 37.3 Å². The molecule has 455 valence electrons. The third-order valence-corrected chi connectivity index (χ3v) is 17.2. The zero-order valence-electron chi connectivity index (χ0n) is 52.4. The van der Waals surface area contributed by atoms with Crippen LogP contribution in [0.3, 0.4) is 0 Å². The molecule has 0 aromatic carbocycles. The Kier molecular flexibility index (Phi) is 22.7. The molecular weight excluding hydrogens is 1110 g/mol. The molecule has 0 bridgehead atoms. The summed E-state index contributed by atoms with van der Waals surface area (Å²) in [5.74, 6) is 1.15. The van der Waals surface area contributed by atoms with Gasteiger partial charge in [0.15, 0.2) is 30.4 Å². The quantitative estimate of drug-likeness (QED) is 0.0396. The van der Waals surface area contributed by atoms with Crippen molar-refractivity contribution in [3.05, 3.63) is 92.6 Å². The molecule has 0 unspecified atom stereocenters. The number of hydrogen-bond donors (Lipinski definition) is 3. The number of aldehydes is 1. The second-order valence-corrected chi connectivity index (χ2v) is 25.1. The third-order valence-electron chi connectivity index (χ3n) is 17.2. The van der Waals surface area contributed by atoms with Crippen LogP contribution in [0.5, 0.6) is 0 Å². The standard InChI is InChI=1S/C23H31N5O3.C23H29N5O3.C17H21N5O.B.Na.H/c2*1-23(2,3)22(30)31-15-27-10-8-18-19(13-24-26-21(18)27)17-12-25-28(14-17)20(9-11-29)16-6-4-5-7-16;23-8-6-16(12-3-1-2-4-12)22-11-13(9-20-22)15-10-19-21-17-14(15)5-7-18-17;;;/h8,10,12-14,16,20,29H,4-7,9,11,15H2,1-3H3;8,10-14,16,20H,4-7,9,15H2,1-3H3;5,7,9-12,16,23H,1-4,6,8H2,(H,18,21);;;/q;;;;+1;-1/t2*20-;16-;;;/m111.../s1. The third kappa shape index (κ3) is 15.5. The molecule has 3 N–H and O–H groups in total. The minimum atomic E-state index is -0.564. The van der Waals surface area contributed by atoms with Crippen LogP contribution in [0, 0.1) is 28.6 Å². The van der Waals surface area contributed by atoms with Crippen LogP contribution in [0.25, 0.3) is 66.5 Å². The molecule has 3 aliphatic carbocycles. The first kappa shape index (κ1) is 66.0. The number of carbonyl (C=O) groups excluding carboxylic acids is 3. The molecule has 0 amide bonds. The van der Waals surface area contributed by atoms with E-state index < -0.39 is 10.8 Å². The van der Waals surface area contributed by atoms with E-state index in [2.05, 4.69) is 57.1 Å². The molecule has 3 aliphatic rings. The molecule has 0 saturated heterocycles. The fraction of sp³-hybridized carbons (Fsp3) is 0.524. The molecule has 3 radical (unpaired) electrons. The molecule has 9 heterocycles. The van der Waals surface area contributed by atoms with Gasteiger partial charge in [0.2, 0.25) is 0 Å². The van der Waals surface area contributed by atoms with Crippen LogP contribution in [0.4, 0.5) is 0 Å². The first-order valence-corrected chi connectivity index (χ1v) is 30.2. The summed E-state index contributed by atoms with van der Waals surface area (Å²) < 4.78 is 20.4. The zero-order chi connectivity index (χ0) is 59.7. The number of nitrogens with one attached hydrogen (secondary N) is 1. The molecule has 9 aromatic rings. The number of nitrogens with zero attached hydrogens (tertiary/aromatic N) is 14. The van der Waals surface area contributed by atoms with Crippen molar-refractivity contribution in [3.63, 3.8) is 0 Å². The summed E-state index contributed by atoms with van der Waals surface area (Å²) in [6.45, 7) is 11.5. The summed E-state index contributed by atoms with van der Waals surface area (Å²) in [7, 11) is 0. The van der Waals surface area contributed by atoms with Crippen molar-refractivity contribution < 1.29 is 65.1 Å². The second-order valence-electron chi connectivity index (χ2n) is 25.1. The number of ether oxygens (including phenoxy) is 2. The van der Waals surface area contributed by atoms with Gasteiger partial charge >= 0.3 is 41.5 Å². The van der Waals surface area contributed by atoms with E-state index in [9.17, 15) is 24.6 Å². The first-order chi connectivity index (χ1) is 41.1. The number of fused-ring (bicyclic) bond motifs is 3. The number of hydrogen-bond acceptors (Lipinski definition) is 16. The van der Waals surface area contributed by atoms with Crippen molar-refractivity contribution >= 4 is 59.7 Å². The molecule has 12 rings (SSSR count). The van der Waals surface area contributed by atoms with Crippen LogP contribution in [-0.4, -0.2) is 124 Å². The predicted octanol–water partition coefficient (Wildman–Crippen LogP) is 7.79. The average Bonchev–Trinajstić information content (AvgIpc) is 3.84. The normalized spacial score (nSPS) is 16.0. The minimum Gasteiger partial charge on any atom is -1.00 e. The Morgan fingerprint density at radius 1 is 0.586 bits per heavy atom. The molecule has 22 nitrogen and oxygen atoms in total. The average molecular weight is 1200 g/mol. The number of esters is 2. The molecule has 87 heavy (non-hydrogen) atoms. The Bertz CT molecular complexity index is 3680. The number of rotatable bonds is 19. The van der Waals surface area contributed by atoms with Gasteiger partial charge in [-0.25, -0.2) is 0 Å². The van der Waals surface area contributed by atoms with Crippen LogP contribution >= 0.6 is 0 Å². The number of aliphatic hydroxyl groups is 2. The molecule has 24 heteroatoms. The largest absolute Gasteiger partial charge is 1.00 e. The van der Waals surface area contributed by atoms with Gasteiger partial charge in [-0.3, -0.25) is 32.8 Å². The van der Waals surface area contributed by atoms with Gasteiger partial charge in [-0.05, 0) is 129 Å². The monoisotopic (exact) mass is 1190 g/mol. The van der Waals surface area contributed by atoms with Gasteiger partial charge in [-0.15, -0.1) is 15.3 Å². The molecular formula is C63H82BN15NaO7.